The molecule has 0 atom stereocenters. The van der Waals surface area contributed by atoms with Crippen LogP contribution in [0.1, 0.15) is 115 Å². The highest BCUT2D eigenvalue weighted by Gasteiger charge is 2.09. The molecule has 1 aromatic rings. The van der Waals surface area contributed by atoms with Crippen molar-refractivity contribution in [2.24, 2.45) is 0 Å². The first-order chi connectivity index (χ1) is 12.7. The van der Waals surface area contributed by atoms with Gasteiger partial charge in [-0.25, -0.2) is 0 Å². The van der Waals surface area contributed by atoms with Crippen LogP contribution in [0, 0.1) is 0 Å². The van der Waals surface area contributed by atoms with E-state index >= 15 is 0 Å². The van der Waals surface area contributed by atoms with Crippen molar-refractivity contribution in [1.29, 1.82) is 0 Å². The summed E-state index contributed by atoms with van der Waals surface area (Å²) in [5.74, 6) is 0.344. The summed E-state index contributed by atoms with van der Waals surface area (Å²) in [6, 6.07) is 4.24. The van der Waals surface area contributed by atoms with Crippen LogP contribution in [0.2, 0.25) is 0 Å². The van der Waals surface area contributed by atoms with Gasteiger partial charge in [0.05, 0.1) is 5.69 Å². The third-order valence-electron chi connectivity index (χ3n) is 5.49. The van der Waals surface area contributed by atoms with Crippen molar-refractivity contribution in [2.45, 2.75) is 117 Å². The van der Waals surface area contributed by atoms with E-state index in [9.17, 15) is 5.11 Å². The Bertz CT molecular complexity index is 427. The predicted molar refractivity (Wildman–Crippen MR) is 116 cm³/mol. The fourth-order valence-corrected chi connectivity index (χ4v) is 3.66. The number of hydrogen-bond acceptors (Lipinski definition) is 2. The van der Waals surface area contributed by atoms with Gasteiger partial charge in [0.25, 0.3) is 0 Å². The van der Waals surface area contributed by atoms with Crippen molar-refractivity contribution >= 4 is 5.69 Å². The molecule has 2 heteroatoms. The molecule has 0 aliphatic rings. The maximum Gasteiger partial charge on any atom is 0.141 e. The summed E-state index contributed by atoms with van der Waals surface area (Å²) in [5.41, 5.74) is 8.97. The minimum atomic E-state index is 0.344. The third kappa shape index (κ3) is 9.50. The van der Waals surface area contributed by atoms with Gasteiger partial charge in [0, 0.05) is 0 Å². The maximum atomic E-state index is 10.4. The van der Waals surface area contributed by atoms with Gasteiger partial charge in [0.2, 0.25) is 0 Å². The zero-order chi connectivity index (χ0) is 19.0. The molecule has 2 nitrogen and oxygen atoms in total. The minimum Gasteiger partial charge on any atom is -0.505 e. The standard InChI is InChI=1S/C24H43NO/c1-3-5-7-9-11-13-15-17-21-19-20-22(24(26)23(21)25)18-16-14-12-10-8-6-4-2/h19-20,26H,3-18,25H2,1-2H3. The summed E-state index contributed by atoms with van der Waals surface area (Å²) in [6.07, 6.45) is 20.2. The van der Waals surface area contributed by atoms with Crippen molar-refractivity contribution < 1.29 is 5.11 Å². The number of nitrogen functional groups attached to an aromatic ring is 1. The lowest BCUT2D eigenvalue weighted by Crippen LogP contribution is -1.99. The molecule has 0 aliphatic carbocycles. The van der Waals surface area contributed by atoms with Crippen LogP contribution in [-0.4, -0.2) is 5.11 Å². The highest BCUT2D eigenvalue weighted by Crippen LogP contribution is 2.31. The zero-order valence-electron chi connectivity index (χ0n) is 17.5. The third-order valence-corrected chi connectivity index (χ3v) is 5.49. The minimum absolute atomic E-state index is 0.344. The molecule has 0 unspecified atom stereocenters. The quantitative estimate of drug-likeness (QED) is 0.181. The van der Waals surface area contributed by atoms with Crippen LogP contribution in [0.25, 0.3) is 0 Å². The number of phenolic OH excluding ortho intramolecular Hbond substituents is 1. The van der Waals surface area contributed by atoms with E-state index in [-0.39, 0.29) is 0 Å². The second kappa shape index (κ2) is 14.9. The number of rotatable bonds is 16. The molecule has 150 valence electrons. The molecule has 0 aromatic heterocycles. The molecule has 0 radical (unpaired) electrons. The molecule has 0 spiro atoms. The summed E-state index contributed by atoms with van der Waals surface area (Å²) < 4.78 is 0. The highest BCUT2D eigenvalue weighted by molar-refractivity contribution is 5.61. The van der Waals surface area contributed by atoms with E-state index in [1.807, 2.05) is 0 Å². The number of aromatic hydroxyl groups is 1. The molecule has 0 aliphatic heterocycles. The van der Waals surface area contributed by atoms with Crippen molar-refractivity contribution in [3.63, 3.8) is 0 Å². The first-order valence-electron chi connectivity index (χ1n) is 11.3. The number of unbranched alkanes of at least 4 members (excludes halogenated alkanes) is 12. The summed E-state index contributed by atoms with van der Waals surface area (Å²) in [7, 11) is 0. The Morgan fingerprint density at radius 1 is 0.615 bits per heavy atom. The summed E-state index contributed by atoms with van der Waals surface area (Å²) in [4.78, 5) is 0. The predicted octanol–water partition coefficient (Wildman–Crippen LogP) is 7.56. The number of phenols is 1. The Hall–Kier alpha value is -1.18. The van der Waals surface area contributed by atoms with Crippen LogP contribution in [0.5, 0.6) is 5.75 Å². The number of nitrogens with two attached hydrogens (primary N) is 1. The lowest BCUT2D eigenvalue weighted by molar-refractivity contribution is 0.467. The van der Waals surface area contributed by atoms with Gasteiger partial charge in [-0.1, -0.05) is 103 Å². The Balaban J connectivity index is 2.26. The fourth-order valence-electron chi connectivity index (χ4n) is 3.66. The van der Waals surface area contributed by atoms with Crippen molar-refractivity contribution in [3.05, 3.63) is 23.3 Å². The Morgan fingerprint density at radius 2 is 1.00 bits per heavy atom. The largest absolute Gasteiger partial charge is 0.505 e. The SMILES string of the molecule is CCCCCCCCCc1ccc(CCCCCCCCC)c(O)c1N. The van der Waals surface area contributed by atoms with E-state index in [0.29, 0.717) is 11.4 Å². The Morgan fingerprint density at radius 3 is 1.50 bits per heavy atom. The molecule has 1 aromatic carbocycles. The molecule has 0 amide bonds. The van der Waals surface area contributed by atoms with Gasteiger partial charge in [0.1, 0.15) is 5.75 Å². The number of benzene rings is 1. The van der Waals surface area contributed by atoms with Crippen LogP contribution < -0.4 is 5.73 Å². The van der Waals surface area contributed by atoms with Crippen molar-refractivity contribution in [2.75, 3.05) is 5.73 Å². The molecule has 1 rings (SSSR count). The molecule has 0 fully saturated rings. The fraction of sp³-hybridized carbons (Fsp3) is 0.750. The monoisotopic (exact) mass is 361 g/mol. The topological polar surface area (TPSA) is 46.2 Å². The molecule has 3 N–H and O–H groups in total. The lowest BCUT2D eigenvalue weighted by Gasteiger charge is -2.12. The number of hydrogen-bond donors (Lipinski definition) is 2. The van der Waals surface area contributed by atoms with Crippen LogP contribution in [0.15, 0.2) is 12.1 Å². The summed E-state index contributed by atoms with van der Waals surface area (Å²) in [6.45, 7) is 4.51. The van der Waals surface area contributed by atoms with Gasteiger partial charge in [-0.2, -0.15) is 0 Å². The molecule has 26 heavy (non-hydrogen) atoms. The number of anilines is 1. The van der Waals surface area contributed by atoms with Gasteiger partial charge >= 0.3 is 0 Å². The van der Waals surface area contributed by atoms with Gasteiger partial charge in [-0.3, -0.25) is 0 Å². The second-order valence-electron chi connectivity index (χ2n) is 7.89. The normalized spacial score (nSPS) is 11.2. The lowest BCUT2D eigenvalue weighted by atomic mass is 9.98. The second-order valence-corrected chi connectivity index (χ2v) is 7.89. The maximum absolute atomic E-state index is 10.4. The molecule has 0 saturated carbocycles. The summed E-state index contributed by atoms with van der Waals surface area (Å²) in [5, 5.41) is 10.4. The van der Waals surface area contributed by atoms with Gasteiger partial charge < -0.3 is 10.8 Å². The Kier molecular flexibility index (Phi) is 13.1. The molecular weight excluding hydrogens is 318 g/mol. The van der Waals surface area contributed by atoms with Gasteiger partial charge in [-0.05, 0) is 36.8 Å². The van der Waals surface area contributed by atoms with Crippen molar-refractivity contribution in [3.8, 4) is 5.75 Å². The van der Waals surface area contributed by atoms with Gasteiger partial charge in [-0.15, -0.1) is 0 Å². The average Bonchev–Trinajstić information content (AvgIpc) is 2.65. The molecule has 0 bridgehead atoms. The van der Waals surface area contributed by atoms with Crippen molar-refractivity contribution in [1.82, 2.24) is 0 Å². The van der Waals surface area contributed by atoms with E-state index < -0.39 is 0 Å². The number of aryl methyl sites for hydroxylation is 2. The van der Waals surface area contributed by atoms with Gasteiger partial charge in [0.15, 0.2) is 0 Å². The zero-order valence-corrected chi connectivity index (χ0v) is 17.5. The molecular formula is C24H43NO. The van der Waals surface area contributed by atoms with E-state index in [1.54, 1.807) is 0 Å². The van der Waals surface area contributed by atoms with E-state index in [0.717, 1.165) is 30.4 Å². The smallest absolute Gasteiger partial charge is 0.141 e. The first kappa shape index (κ1) is 22.9. The average molecular weight is 362 g/mol. The first-order valence-corrected chi connectivity index (χ1v) is 11.3. The Labute approximate surface area is 162 Å². The molecule has 0 heterocycles. The molecule has 0 saturated heterocycles. The van der Waals surface area contributed by atoms with E-state index in [1.165, 1.54) is 83.5 Å². The van der Waals surface area contributed by atoms with E-state index in [4.69, 9.17) is 5.73 Å². The summed E-state index contributed by atoms with van der Waals surface area (Å²) >= 11 is 0. The van der Waals surface area contributed by atoms with Crippen LogP contribution >= 0.6 is 0 Å². The van der Waals surface area contributed by atoms with Crippen LogP contribution in [0.4, 0.5) is 5.69 Å². The highest BCUT2D eigenvalue weighted by atomic mass is 16.3. The van der Waals surface area contributed by atoms with Crippen LogP contribution in [0.3, 0.4) is 0 Å². The van der Waals surface area contributed by atoms with E-state index in [2.05, 4.69) is 26.0 Å². The van der Waals surface area contributed by atoms with Crippen LogP contribution in [-0.2, 0) is 12.8 Å².